The molecule has 0 aliphatic rings. The van der Waals surface area contributed by atoms with Gasteiger partial charge in [-0.05, 0) is 29.8 Å². The van der Waals surface area contributed by atoms with E-state index in [0.717, 1.165) is 5.56 Å². The number of amides is 1. The van der Waals surface area contributed by atoms with E-state index in [2.05, 4.69) is 9.97 Å². The van der Waals surface area contributed by atoms with E-state index in [1.807, 2.05) is 12.1 Å². The predicted molar refractivity (Wildman–Crippen MR) is 71.2 cm³/mol. The fourth-order valence-electron chi connectivity index (χ4n) is 1.70. The largest absolute Gasteiger partial charge is 0.477 e. The van der Waals surface area contributed by atoms with Crippen molar-refractivity contribution in [3.8, 4) is 0 Å². The molecular weight excluding hydrogens is 258 g/mol. The fraction of sp³-hybridized carbons (Fsp3) is 0.143. The van der Waals surface area contributed by atoms with Gasteiger partial charge in [0.05, 0.1) is 0 Å². The number of carboxylic acids is 1. The summed E-state index contributed by atoms with van der Waals surface area (Å²) in [6, 6.07) is 7.97. The van der Waals surface area contributed by atoms with E-state index in [-0.39, 0.29) is 17.3 Å². The second-order valence-corrected chi connectivity index (χ2v) is 4.23. The minimum absolute atomic E-state index is 0.112. The summed E-state index contributed by atoms with van der Waals surface area (Å²) in [7, 11) is 1.64. The quantitative estimate of drug-likeness (QED) is 0.909. The zero-order valence-electron chi connectivity index (χ0n) is 10.9. The topological polar surface area (TPSA) is 83.4 Å². The fourth-order valence-corrected chi connectivity index (χ4v) is 1.70. The first-order valence-electron chi connectivity index (χ1n) is 5.92. The smallest absolute Gasteiger partial charge is 0.354 e. The van der Waals surface area contributed by atoms with Crippen LogP contribution in [0.25, 0.3) is 0 Å². The van der Waals surface area contributed by atoms with Gasteiger partial charge in [0.1, 0.15) is 11.4 Å². The molecule has 20 heavy (non-hydrogen) atoms. The maximum absolute atomic E-state index is 12.2. The van der Waals surface area contributed by atoms with Gasteiger partial charge in [-0.1, -0.05) is 6.07 Å². The molecule has 6 heteroatoms. The molecule has 2 aromatic rings. The Labute approximate surface area is 115 Å². The number of aromatic carboxylic acids is 1. The van der Waals surface area contributed by atoms with E-state index in [1.165, 1.54) is 23.1 Å². The minimum atomic E-state index is -1.16. The molecule has 1 N–H and O–H groups in total. The summed E-state index contributed by atoms with van der Waals surface area (Å²) in [5.41, 5.74) is 0.903. The molecule has 0 aliphatic heterocycles. The first-order valence-corrected chi connectivity index (χ1v) is 5.92. The number of carbonyl (C=O) groups excluding carboxylic acids is 1. The van der Waals surface area contributed by atoms with Crippen molar-refractivity contribution in [2.75, 3.05) is 7.05 Å². The second kappa shape index (κ2) is 5.92. The van der Waals surface area contributed by atoms with Crippen molar-refractivity contribution in [3.05, 3.63) is 59.7 Å². The zero-order valence-corrected chi connectivity index (χ0v) is 10.9. The lowest BCUT2D eigenvalue weighted by Crippen LogP contribution is -2.27. The summed E-state index contributed by atoms with van der Waals surface area (Å²) in [6.45, 7) is 0.403. The Bertz CT molecular complexity index is 629. The van der Waals surface area contributed by atoms with Gasteiger partial charge in [-0.3, -0.25) is 9.78 Å². The molecule has 0 spiro atoms. The van der Waals surface area contributed by atoms with Gasteiger partial charge in [-0.2, -0.15) is 0 Å². The van der Waals surface area contributed by atoms with E-state index in [4.69, 9.17) is 5.11 Å². The van der Waals surface area contributed by atoms with Crippen molar-refractivity contribution in [1.29, 1.82) is 0 Å². The molecule has 1 amide bonds. The van der Waals surface area contributed by atoms with Crippen LogP contribution in [0.5, 0.6) is 0 Å². The molecule has 2 aromatic heterocycles. The van der Waals surface area contributed by atoms with Gasteiger partial charge < -0.3 is 10.0 Å². The monoisotopic (exact) mass is 271 g/mol. The Hall–Kier alpha value is -2.76. The summed E-state index contributed by atoms with van der Waals surface area (Å²) >= 11 is 0. The third-order valence-electron chi connectivity index (χ3n) is 2.70. The van der Waals surface area contributed by atoms with E-state index >= 15 is 0 Å². The standard InChI is InChI=1S/C14H13N3O3/c1-17(9-10-5-7-15-8-6-10)13(18)11-3-2-4-12(16-11)14(19)20/h2-8H,9H2,1H3,(H,19,20). The van der Waals surface area contributed by atoms with Crippen LogP contribution >= 0.6 is 0 Å². The summed E-state index contributed by atoms with van der Waals surface area (Å²) in [5, 5.41) is 8.87. The van der Waals surface area contributed by atoms with Crippen molar-refractivity contribution in [1.82, 2.24) is 14.9 Å². The average Bonchev–Trinajstić information content (AvgIpc) is 2.47. The van der Waals surface area contributed by atoms with E-state index in [1.54, 1.807) is 19.4 Å². The predicted octanol–water partition coefficient (Wildman–Crippen LogP) is 1.45. The molecule has 0 aliphatic carbocycles. The van der Waals surface area contributed by atoms with Crippen LogP contribution in [0.3, 0.4) is 0 Å². The van der Waals surface area contributed by atoms with E-state index in [9.17, 15) is 9.59 Å². The number of hydrogen-bond donors (Lipinski definition) is 1. The SMILES string of the molecule is CN(Cc1ccncc1)C(=O)c1cccc(C(=O)O)n1. The molecule has 0 saturated heterocycles. The molecule has 0 fully saturated rings. The molecule has 6 nitrogen and oxygen atoms in total. The highest BCUT2D eigenvalue weighted by molar-refractivity contribution is 5.94. The van der Waals surface area contributed by atoms with Crippen LogP contribution < -0.4 is 0 Å². The number of carboxylic acid groups (broad SMARTS) is 1. The maximum atomic E-state index is 12.2. The highest BCUT2D eigenvalue weighted by Crippen LogP contribution is 2.07. The lowest BCUT2D eigenvalue weighted by molar-refractivity contribution is 0.0690. The van der Waals surface area contributed by atoms with Crippen molar-refractivity contribution in [3.63, 3.8) is 0 Å². The van der Waals surface area contributed by atoms with Crippen molar-refractivity contribution in [2.45, 2.75) is 6.54 Å². The van der Waals surface area contributed by atoms with Gasteiger partial charge in [0.15, 0.2) is 0 Å². The number of pyridine rings is 2. The summed E-state index contributed by atoms with van der Waals surface area (Å²) < 4.78 is 0. The normalized spacial score (nSPS) is 10.1. The molecule has 0 bridgehead atoms. The van der Waals surface area contributed by atoms with Gasteiger partial charge in [0.2, 0.25) is 0 Å². The first kappa shape index (κ1) is 13.7. The van der Waals surface area contributed by atoms with Crippen molar-refractivity contribution < 1.29 is 14.7 Å². The number of rotatable bonds is 4. The Kier molecular flexibility index (Phi) is 4.05. The summed E-state index contributed by atoms with van der Waals surface area (Å²) in [4.78, 5) is 32.2. The summed E-state index contributed by atoms with van der Waals surface area (Å²) in [6.07, 6.45) is 3.30. The molecule has 0 radical (unpaired) electrons. The van der Waals surface area contributed by atoms with Gasteiger partial charge in [0, 0.05) is 26.0 Å². The number of nitrogens with zero attached hydrogens (tertiary/aromatic N) is 3. The summed E-state index contributed by atoms with van der Waals surface area (Å²) in [5.74, 6) is -1.48. The third kappa shape index (κ3) is 3.17. The van der Waals surface area contributed by atoms with Crippen molar-refractivity contribution in [2.24, 2.45) is 0 Å². The van der Waals surface area contributed by atoms with Gasteiger partial charge >= 0.3 is 5.97 Å². The molecular formula is C14H13N3O3. The highest BCUT2D eigenvalue weighted by atomic mass is 16.4. The third-order valence-corrected chi connectivity index (χ3v) is 2.70. The lowest BCUT2D eigenvalue weighted by atomic mass is 10.2. The average molecular weight is 271 g/mol. The Morgan fingerprint density at radius 2 is 1.80 bits per heavy atom. The maximum Gasteiger partial charge on any atom is 0.354 e. The van der Waals surface area contributed by atoms with E-state index in [0.29, 0.717) is 6.54 Å². The van der Waals surface area contributed by atoms with Crippen molar-refractivity contribution >= 4 is 11.9 Å². The number of carbonyl (C=O) groups is 2. The molecule has 2 heterocycles. The Morgan fingerprint density at radius 3 is 2.45 bits per heavy atom. The first-order chi connectivity index (χ1) is 9.58. The number of hydrogen-bond acceptors (Lipinski definition) is 4. The molecule has 0 atom stereocenters. The van der Waals surface area contributed by atoms with Gasteiger partial charge in [-0.15, -0.1) is 0 Å². The molecule has 102 valence electrons. The Morgan fingerprint density at radius 1 is 1.15 bits per heavy atom. The zero-order chi connectivity index (χ0) is 14.5. The van der Waals surface area contributed by atoms with Crippen LogP contribution in [-0.4, -0.2) is 38.9 Å². The molecule has 0 aromatic carbocycles. The van der Waals surface area contributed by atoms with Crippen LogP contribution in [-0.2, 0) is 6.54 Å². The highest BCUT2D eigenvalue weighted by Gasteiger charge is 2.15. The van der Waals surface area contributed by atoms with Crippen LogP contribution in [0.1, 0.15) is 26.5 Å². The number of aromatic nitrogens is 2. The second-order valence-electron chi connectivity index (χ2n) is 4.23. The van der Waals surface area contributed by atoms with Crippen LogP contribution in [0.2, 0.25) is 0 Å². The van der Waals surface area contributed by atoms with Crippen LogP contribution in [0, 0.1) is 0 Å². The minimum Gasteiger partial charge on any atom is -0.477 e. The van der Waals surface area contributed by atoms with Gasteiger partial charge in [0.25, 0.3) is 5.91 Å². The van der Waals surface area contributed by atoms with E-state index < -0.39 is 5.97 Å². The Balaban J connectivity index is 2.14. The molecule has 2 rings (SSSR count). The molecule has 0 unspecified atom stereocenters. The van der Waals surface area contributed by atoms with Gasteiger partial charge in [-0.25, -0.2) is 9.78 Å². The molecule has 0 saturated carbocycles. The lowest BCUT2D eigenvalue weighted by Gasteiger charge is -2.16. The van der Waals surface area contributed by atoms with Crippen LogP contribution in [0.4, 0.5) is 0 Å². The van der Waals surface area contributed by atoms with Crippen LogP contribution in [0.15, 0.2) is 42.7 Å².